The van der Waals surface area contributed by atoms with Crippen molar-refractivity contribution in [3.63, 3.8) is 0 Å². The molecule has 0 radical (unpaired) electrons. The highest BCUT2D eigenvalue weighted by Crippen LogP contribution is 2.21. The third-order valence-corrected chi connectivity index (χ3v) is 3.67. The number of rotatable bonds is 9. The average molecular weight is 280 g/mol. The van der Waals surface area contributed by atoms with Gasteiger partial charge in [0.05, 0.1) is 0 Å². The molecule has 0 fully saturated rings. The SMILES string of the molecule is CCN(CC)CCCN(CC)c1ncnc(NN)c1C. The predicted octanol–water partition coefficient (Wildman–Crippen LogP) is 1.63. The van der Waals surface area contributed by atoms with Crippen LogP contribution in [-0.4, -0.2) is 47.6 Å². The molecule has 20 heavy (non-hydrogen) atoms. The molecule has 0 saturated carbocycles. The van der Waals surface area contributed by atoms with E-state index in [1.54, 1.807) is 6.33 Å². The second-order valence-corrected chi connectivity index (χ2v) is 4.78. The van der Waals surface area contributed by atoms with Gasteiger partial charge in [0.2, 0.25) is 0 Å². The molecule has 0 aliphatic rings. The molecule has 1 heterocycles. The van der Waals surface area contributed by atoms with Gasteiger partial charge >= 0.3 is 0 Å². The molecule has 1 aromatic heterocycles. The molecule has 0 amide bonds. The van der Waals surface area contributed by atoms with Gasteiger partial charge in [-0.3, -0.25) is 0 Å². The highest BCUT2D eigenvalue weighted by Gasteiger charge is 2.12. The Morgan fingerprint density at radius 1 is 1.10 bits per heavy atom. The number of hydrogen-bond donors (Lipinski definition) is 2. The van der Waals surface area contributed by atoms with Gasteiger partial charge in [0.15, 0.2) is 0 Å². The molecule has 0 aromatic carbocycles. The first-order valence-corrected chi connectivity index (χ1v) is 7.43. The fourth-order valence-electron chi connectivity index (χ4n) is 2.34. The van der Waals surface area contributed by atoms with Gasteiger partial charge in [-0.15, -0.1) is 0 Å². The number of hydrazine groups is 1. The lowest BCUT2D eigenvalue weighted by molar-refractivity contribution is 0.300. The zero-order chi connectivity index (χ0) is 15.0. The third kappa shape index (κ3) is 4.31. The van der Waals surface area contributed by atoms with Crippen LogP contribution in [0.5, 0.6) is 0 Å². The zero-order valence-corrected chi connectivity index (χ0v) is 13.2. The number of nitrogens with two attached hydrogens (primary N) is 1. The average Bonchev–Trinajstić information content (AvgIpc) is 2.48. The van der Waals surface area contributed by atoms with Gasteiger partial charge < -0.3 is 15.2 Å². The van der Waals surface area contributed by atoms with Crippen LogP contribution in [0.1, 0.15) is 32.8 Å². The van der Waals surface area contributed by atoms with Crippen LogP contribution >= 0.6 is 0 Å². The first-order valence-electron chi connectivity index (χ1n) is 7.43. The van der Waals surface area contributed by atoms with Crippen molar-refractivity contribution in [1.82, 2.24) is 14.9 Å². The van der Waals surface area contributed by atoms with Gasteiger partial charge in [-0.2, -0.15) is 0 Å². The van der Waals surface area contributed by atoms with Crippen molar-refractivity contribution in [2.24, 2.45) is 5.84 Å². The minimum atomic E-state index is 0.692. The molecule has 0 atom stereocenters. The van der Waals surface area contributed by atoms with Crippen LogP contribution in [0.25, 0.3) is 0 Å². The Kier molecular flexibility index (Phi) is 7.25. The quantitative estimate of drug-likeness (QED) is 0.529. The summed E-state index contributed by atoms with van der Waals surface area (Å²) in [5, 5.41) is 0. The molecule has 0 aliphatic carbocycles. The molecule has 114 valence electrons. The van der Waals surface area contributed by atoms with E-state index < -0.39 is 0 Å². The molecule has 6 heteroatoms. The molecule has 1 rings (SSSR count). The summed E-state index contributed by atoms with van der Waals surface area (Å²) < 4.78 is 0. The molecule has 0 saturated heterocycles. The highest BCUT2D eigenvalue weighted by molar-refractivity contribution is 5.57. The van der Waals surface area contributed by atoms with Gasteiger partial charge in [0.1, 0.15) is 18.0 Å². The van der Waals surface area contributed by atoms with E-state index >= 15 is 0 Å². The summed E-state index contributed by atoms with van der Waals surface area (Å²) in [6.07, 6.45) is 2.69. The van der Waals surface area contributed by atoms with E-state index in [0.717, 1.165) is 50.5 Å². The van der Waals surface area contributed by atoms with Gasteiger partial charge in [-0.1, -0.05) is 13.8 Å². The van der Waals surface area contributed by atoms with Crippen molar-refractivity contribution < 1.29 is 0 Å². The van der Waals surface area contributed by atoms with Crippen LogP contribution in [0.4, 0.5) is 11.6 Å². The van der Waals surface area contributed by atoms with Gasteiger partial charge in [0.25, 0.3) is 0 Å². The monoisotopic (exact) mass is 280 g/mol. The summed E-state index contributed by atoms with van der Waals surface area (Å²) in [7, 11) is 0. The number of aromatic nitrogens is 2. The van der Waals surface area contributed by atoms with E-state index in [2.05, 4.69) is 46.0 Å². The summed E-state index contributed by atoms with van der Waals surface area (Å²) in [6, 6.07) is 0. The summed E-state index contributed by atoms with van der Waals surface area (Å²) in [4.78, 5) is 13.2. The van der Waals surface area contributed by atoms with Crippen molar-refractivity contribution >= 4 is 11.6 Å². The topological polar surface area (TPSA) is 70.3 Å². The molecule has 1 aromatic rings. The molecule has 3 N–H and O–H groups in total. The Bertz CT molecular complexity index is 391. The Balaban J connectivity index is 2.67. The highest BCUT2D eigenvalue weighted by atomic mass is 15.3. The second kappa shape index (κ2) is 8.71. The fourth-order valence-corrected chi connectivity index (χ4v) is 2.34. The van der Waals surface area contributed by atoms with E-state index in [1.165, 1.54) is 0 Å². The molecule has 0 bridgehead atoms. The van der Waals surface area contributed by atoms with Crippen LogP contribution in [0.2, 0.25) is 0 Å². The predicted molar refractivity (Wildman–Crippen MR) is 84.9 cm³/mol. The van der Waals surface area contributed by atoms with E-state index in [1.807, 2.05) is 6.92 Å². The van der Waals surface area contributed by atoms with E-state index in [9.17, 15) is 0 Å². The number of anilines is 2. The largest absolute Gasteiger partial charge is 0.356 e. The fraction of sp³-hybridized carbons (Fsp3) is 0.714. The molecular weight excluding hydrogens is 252 g/mol. The summed E-state index contributed by atoms with van der Waals surface area (Å²) >= 11 is 0. The first kappa shape index (κ1) is 16.7. The molecule has 0 spiro atoms. The Hall–Kier alpha value is -1.40. The number of nitrogens with one attached hydrogen (secondary N) is 1. The second-order valence-electron chi connectivity index (χ2n) is 4.78. The van der Waals surface area contributed by atoms with Crippen molar-refractivity contribution in [3.8, 4) is 0 Å². The van der Waals surface area contributed by atoms with Gasteiger partial charge in [-0.25, -0.2) is 15.8 Å². The molecular formula is C14H28N6. The minimum absolute atomic E-state index is 0.692. The van der Waals surface area contributed by atoms with E-state index in [0.29, 0.717) is 5.82 Å². The van der Waals surface area contributed by atoms with Crippen molar-refractivity contribution in [2.45, 2.75) is 34.1 Å². The van der Waals surface area contributed by atoms with Crippen LogP contribution in [0.3, 0.4) is 0 Å². The maximum atomic E-state index is 5.47. The molecule has 0 aliphatic heterocycles. The third-order valence-electron chi connectivity index (χ3n) is 3.67. The summed E-state index contributed by atoms with van der Waals surface area (Å²) in [6.45, 7) is 13.8. The normalized spacial score (nSPS) is 10.9. The van der Waals surface area contributed by atoms with E-state index in [4.69, 9.17) is 5.84 Å². The van der Waals surface area contributed by atoms with Gasteiger partial charge in [-0.05, 0) is 39.9 Å². The number of nitrogen functional groups attached to an aromatic ring is 1. The molecule has 6 nitrogen and oxygen atoms in total. The lowest BCUT2D eigenvalue weighted by Crippen LogP contribution is -2.31. The van der Waals surface area contributed by atoms with Crippen LogP contribution in [0.15, 0.2) is 6.33 Å². The lowest BCUT2D eigenvalue weighted by atomic mass is 10.2. The van der Waals surface area contributed by atoms with Crippen molar-refractivity contribution in [1.29, 1.82) is 0 Å². The van der Waals surface area contributed by atoms with Gasteiger partial charge in [0, 0.05) is 18.7 Å². The Labute approximate surface area is 122 Å². The Morgan fingerprint density at radius 3 is 2.35 bits per heavy atom. The number of hydrogen-bond acceptors (Lipinski definition) is 6. The van der Waals surface area contributed by atoms with Crippen LogP contribution in [0, 0.1) is 6.92 Å². The smallest absolute Gasteiger partial charge is 0.148 e. The van der Waals surface area contributed by atoms with E-state index in [-0.39, 0.29) is 0 Å². The maximum Gasteiger partial charge on any atom is 0.148 e. The van der Waals surface area contributed by atoms with Crippen LogP contribution in [-0.2, 0) is 0 Å². The van der Waals surface area contributed by atoms with Crippen molar-refractivity contribution in [2.75, 3.05) is 43.0 Å². The standard InChI is InChI=1S/C14H28N6/c1-5-19(6-2)9-8-10-20(7-3)14-12(4)13(18-15)16-11-17-14/h11H,5-10,15H2,1-4H3,(H,16,17,18). The summed E-state index contributed by atoms with van der Waals surface area (Å²) in [5.74, 6) is 7.13. The number of nitrogens with zero attached hydrogens (tertiary/aromatic N) is 4. The zero-order valence-electron chi connectivity index (χ0n) is 13.2. The first-order chi connectivity index (χ1) is 9.67. The summed E-state index contributed by atoms with van der Waals surface area (Å²) in [5.41, 5.74) is 3.62. The minimum Gasteiger partial charge on any atom is -0.356 e. The lowest BCUT2D eigenvalue weighted by Gasteiger charge is -2.26. The maximum absolute atomic E-state index is 5.47. The van der Waals surface area contributed by atoms with Crippen LogP contribution < -0.4 is 16.2 Å². The van der Waals surface area contributed by atoms with Crippen molar-refractivity contribution in [3.05, 3.63) is 11.9 Å². The Morgan fingerprint density at radius 2 is 1.80 bits per heavy atom. The molecule has 0 unspecified atom stereocenters.